The molecule has 1 fully saturated rings. The molecule has 122 valence electrons. The number of benzene rings is 1. The Balaban J connectivity index is 1.91. The van der Waals surface area contributed by atoms with Crippen molar-refractivity contribution in [3.63, 3.8) is 0 Å². The molecule has 0 saturated carbocycles. The van der Waals surface area contributed by atoms with E-state index in [-0.39, 0.29) is 23.7 Å². The molecule has 2 rings (SSSR count). The molecule has 0 aliphatic carbocycles. The number of nitrogens with two attached hydrogens (primary N) is 1. The molecule has 6 heteroatoms. The molecule has 1 saturated heterocycles. The van der Waals surface area contributed by atoms with Gasteiger partial charge in [0.05, 0.1) is 0 Å². The van der Waals surface area contributed by atoms with Crippen LogP contribution in [0.1, 0.15) is 25.3 Å². The second kappa shape index (κ2) is 7.90. The molecule has 1 aliphatic heterocycles. The van der Waals surface area contributed by atoms with Crippen molar-refractivity contribution in [2.24, 2.45) is 11.7 Å². The number of hydrogen-bond donors (Lipinski definition) is 2. The summed E-state index contributed by atoms with van der Waals surface area (Å²) in [5.41, 5.74) is 6.43. The summed E-state index contributed by atoms with van der Waals surface area (Å²) in [6.45, 7) is 4.57. The van der Waals surface area contributed by atoms with Crippen molar-refractivity contribution in [2.75, 3.05) is 19.6 Å². The summed E-state index contributed by atoms with van der Waals surface area (Å²) in [4.78, 5) is 14.2. The van der Waals surface area contributed by atoms with Gasteiger partial charge in [0.2, 0.25) is 5.91 Å². The molecule has 3 N–H and O–H groups in total. The Morgan fingerprint density at radius 3 is 3.05 bits per heavy atom. The predicted molar refractivity (Wildman–Crippen MR) is 86.1 cm³/mol. The molecular weight excluding hydrogens is 305 g/mol. The number of likely N-dealkylation sites (tertiary alicyclic amines) is 1. The Bertz CT molecular complexity index is 526. The van der Waals surface area contributed by atoms with Crippen LogP contribution in [0.25, 0.3) is 0 Å². The minimum atomic E-state index is -0.326. The number of hydrogen-bond acceptors (Lipinski definition) is 3. The summed E-state index contributed by atoms with van der Waals surface area (Å²) < 4.78 is 13.1. The number of amides is 1. The van der Waals surface area contributed by atoms with Crippen molar-refractivity contribution in [3.8, 4) is 0 Å². The van der Waals surface area contributed by atoms with Gasteiger partial charge >= 0.3 is 0 Å². The maximum absolute atomic E-state index is 13.1. The lowest BCUT2D eigenvalue weighted by Gasteiger charge is -2.33. The number of halogens is 2. The summed E-state index contributed by atoms with van der Waals surface area (Å²) >= 11 is 6.08. The van der Waals surface area contributed by atoms with Crippen molar-refractivity contribution in [1.82, 2.24) is 10.2 Å². The van der Waals surface area contributed by atoms with Crippen LogP contribution >= 0.6 is 11.6 Å². The highest BCUT2D eigenvalue weighted by Crippen LogP contribution is 2.21. The van der Waals surface area contributed by atoms with Gasteiger partial charge in [-0.25, -0.2) is 4.39 Å². The third-order valence-corrected chi connectivity index (χ3v) is 4.41. The van der Waals surface area contributed by atoms with E-state index in [1.54, 1.807) is 6.07 Å². The first-order valence-electron chi connectivity index (χ1n) is 7.66. The number of piperidine rings is 1. The van der Waals surface area contributed by atoms with E-state index in [0.29, 0.717) is 18.1 Å². The SMILES string of the molecule is CC(CN)C(=O)NC1CCCN(Cc2ccc(F)cc2Cl)C1. The Kier molecular flexibility index (Phi) is 6.17. The van der Waals surface area contributed by atoms with Crippen LogP contribution < -0.4 is 11.1 Å². The molecule has 4 nitrogen and oxygen atoms in total. The standard InChI is InChI=1S/C16H23ClFN3O/c1-11(8-19)16(22)20-14-3-2-6-21(10-14)9-12-4-5-13(18)7-15(12)17/h4-5,7,11,14H,2-3,6,8-10,19H2,1H3,(H,20,22). The lowest BCUT2D eigenvalue weighted by molar-refractivity contribution is -0.125. The predicted octanol–water partition coefficient (Wildman–Crippen LogP) is 2.15. The Labute approximate surface area is 135 Å². The van der Waals surface area contributed by atoms with Crippen LogP contribution in [0, 0.1) is 11.7 Å². The zero-order chi connectivity index (χ0) is 16.1. The molecule has 1 aromatic carbocycles. The van der Waals surface area contributed by atoms with Gasteiger partial charge in [-0.05, 0) is 37.1 Å². The van der Waals surface area contributed by atoms with Crippen LogP contribution in [0.2, 0.25) is 5.02 Å². The smallest absolute Gasteiger partial charge is 0.224 e. The summed E-state index contributed by atoms with van der Waals surface area (Å²) in [7, 11) is 0. The fourth-order valence-electron chi connectivity index (χ4n) is 2.66. The van der Waals surface area contributed by atoms with Gasteiger partial charge in [0.15, 0.2) is 0 Å². The molecule has 2 unspecified atom stereocenters. The molecule has 1 heterocycles. The van der Waals surface area contributed by atoms with E-state index in [1.165, 1.54) is 12.1 Å². The number of nitrogens with zero attached hydrogens (tertiary/aromatic N) is 1. The van der Waals surface area contributed by atoms with Gasteiger partial charge in [0.25, 0.3) is 0 Å². The molecule has 0 aromatic heterocycles. The quantitative estimate of drug-likeness (QED) is 0.871. The summed E-state index contributed by atoms with van der Waals surface area (Å²) in [5.74, 6) is -0.482. The number of nitrogens with one attached hydrogen (secondary N) is 1. The van der Waals surface area contributed by atoms with Gasteiger partial charge in [-0.3, -0.25) is 9.69 Å². The van der Waals surface area contributed by atoms with Crippen molar-refractivity contribution >= 4 is 17.5 Å². The first-order chi connectivity index (χ1) is 10.5. The molecule has 0 bridgehead atoms. The zero-order valence-electron chi connectivity index (χ0n) is 12.8. The molecule has 1 amide bonds. The first-order valence-corrected chi connectivity index (χ1v) is 8.04. The van der Waals surface area contributed by atoms with Crippen molar-refractivity contribution < 1.29 is 9.18 Å². The zero-order valence-corrected chi connectivity index (χ0v) is 13.6. The molecule has 0 spiro atoms. The Morgan fingerprint density at radius 1 is 1.59 bits per heavy atom. The third-order valence-electron chi connectivity index (χ3n) is 4.06. The van der Waals surface area contributed by atoms with Gasteiger partial charge in [-0.15, -0.1) is 0 Å². The first kappa shape index (κ1) is 17.2. The summed E-state index contributed by atoms with van der Waals surface area (Å²) in [6, 6.07) is 4.61. The molecule has 1 aliphatic rings. The average Bonchev–Trinajstić information content (AvgIpc) is 2.49. The van der Waals surface area contributed by atoms with E-state index in [9.17, 15) is 9.18 Å². The van der Waals surface area contributed by atoms with Crippen LogP contribution in [-0.2, 0) is 11.3 Å². The molecule has 22 heavy (non-hydrogen) atoms. The highest BCUT2D eigenvalue weighted by atomic mass is 35.5. The molecule has 0 radical (unpaired) electrons. The average molecular weight is 328 g/mol. The molecular formula is C16H23ClFN3O. The number of carbonyl (C=O) groups excluding carboxylic acids is 1. The van der Waals surface area contributed by atoms with E-state index < -0.39 is 0 Å². The fourth-order valence-corrected chi connectivity index (χ4v) is 2.89. The van der Waals surface area contributed by atoms with E-state index in [2.05, 4.69) is 10.2 Å². The Hall–Kier alpha value is -1.17. The van der Waals surface area contributed by atoms with E-state index in [4.69, 9.17) is 17.3 Å². The maximum Gasteiger partial charge on any atom is 0.224 e. The summed E-state index contributed by atoms with van der Waals surface area (Å²) in [6.07, 6.45) is 1.98. The van der Waals surface area contributed by atoms with Crippen LogP contribution in [0.5, 0.6) is 0 Å². The summed E-state index contributed by atoms with van der Waals surface area (Å²) in [5, 5.41) is 3.50. The van der Waals surface area contributed by atoms with E-state index in [1.807, 2.05) is 6.92 Å². The van der Waals surface area contributed by atoms with Crippen LogP contribution in [0.15, 0.2) is 18.2 Å². The highest BCUT2D eigenvalue weighted by Gasteiger charge is 2.23. The van der Waals surface area contributed by atoms with Gasteiger partial charge in [0.1, 0.15) is 5.82 Å². The van der Waals surface area contributed by atoms with Crippen molar-refractivity contribution in [3.05, 3.63) is 34.6 Å². The van der Waals surface area contributed by atoms with Crippen LogP contribution in [-0.4, -0.2) is 36.5 Å². The van der Waals surface area contributed by atoms with Crippen molar-refractivity contribution in [2.45, 2.75) is 32.4 Å². The van der Waals surface area contributed by atoms with Gasteiger partial charge in [-0.2, -0.15) is 0 Å². The minimum absolute atomic E-state index is 0.00849. The van der Waals surface area contributed by atoms with Gasteiger partial charge in [0, 0.05) is 36.6 Å². The molecule has 2 atom stereocenters. The van der Waals surface area contributed by atoms with E-state index >= 15 is 0 Å². The minimum Gasteiger partial charge on any atom is -0.352 e. The monoisotopic (exact) mass is 327 g/mol. The lowest BCUT2D eigenvalue weighted by atomic mass is 10.0. The second-order valence-electron chi connectivity index (χ2n) is 5.96. The molecule has 1 aromatic rings. The van der Waals surface area contributed by atoms with E-state index in [0.717, 1.165) is 31.5 Å². The van der Waals surface area contributed by atoms with Crippen LogP contribution in [0.3, 0.4) is 0 Å². The topological polar surface area (TPSA) is 58.4 Å². The second-order valence-corrected chi connectivity index (χ2v) is 6.36. The van der Waals surface area contributed by atoms with Crippen LogP contribution in [0.4, 0.5) is 4.39 Å². The van der Waals surface area contributed by atoms with Crippen molar-refractivity contribution in [1.29, 1.82) is 0 Å². The maximum atomic E-state index is 13.1. The van der Waals surface area contributed by atoms with Gasteiger partial charge in [-0.1, -0.05) is 24.6 Å². The van der Waals surface area contributed by atoms with Gasteiger partial charge < -0.3 is 11.1 Å². The number of carbonyl (C=O) groups is 1. The number of rotatable bonds is 5. The largest absolute Gasteiger partial charge is 0.352 e. The normalized spacial score (nSPS) is 20.6. The highest BCUT2D eigenvalue weighted by molar-refractivity contribution is 6.31. The Morgan fingerprint density at radius 2 is 2.36 bits per heavy atom. The fraction of sp³-hybridized carbons (Fsp3) is 0.562. The lowest BCUT2D eigenvalue weighted by Crippen LogP contribution is -2.49. The third kappa shape index (κ3) is 4.66.